The van der Waals surface area contributed by atoms with Gasteiger partial charge in [-0.3, -0.25) is 0 Å². The van der Waals surface area contributed by atoms with Crippen molar-refractivity contribution in [3.8, 4) is 0 Å². The van der Waals surface area contributed by atoms with Gasteiger partial charge in [0, 0.05) is 5.54 Å². The minimum atomic E-state index is -0.162. The maximum Gasteiger partial charge on any atom is 0.123 e. The minimum absolute atomic E-state index is 0.133. The van der Waals surface area contributed by atoms with Gasteiger partial charge >= 0.3 is 0 Å². The van der Waals surface area contributed by atoms with Crippen molar-refractivity contribution in [1.29, 1.82) is 0 Å². The van der Waals surface area contributed by atoms with E-state index >= 15 is 0 Å². The van der Waals surface area contributed by atoms with Gasteiger partial charge in [-0.15, -0.1) is 0 Å². The summed E-state index contributed by atoms with van der Waals surface area (Å²) in [5.74, 6) is 0.370. The lowest BCUT2D eigenvalue weighted by Gasteiger charge is -2.39. The molecule has 1 aromatic rings. The average Bonchev–Trinajstić information content (AvgIpc) is 2.23. The Bertz CT molecular complexity index is 364. The van der Waals surface area contributed by atoms with E-state index < -0.39 is 0 Å². The molecule has 88 valence electrons. The molecule has 1 saturated carbocycles. The first-order valence-corrected chi connectivity index (χ1v) is 6.13. The summed E-state index contributed by atoms with van der Waals surface area (Å²) >= 11 is 0. The van der Waals surface area contributed by atoms with Crippen molar-refractivity contribution in [3.05, 3.63) is 35.6 Å². The predicted molar refractivity (Wildman–Crippen MR) is 64.7 cm³/mol. The Morgan fingerprint density at radius 3 is 2.94 bits per heavy atom. The van der Waals surface area contributed by atoms with Crippen LogP contribution >= 0.6 is 0 Å². The zero-order chi connectivity index (χ0) is 11.6. The second-order valence-electron chi connectivity index (χ2n) is 5.19. The predicted octanol–water partition coefficient (Wildman–Crippen LogP) is 3.28. The number of halogens is 1. The Hall–Kier alpha value is -0.890. The van der Waals surface area contributed by atoms with Crippen LogP contribution in [0.3, 0.4) is 0 Å². The van der Waals surface area contributed by atoms with Crippen molar-refractivity contribution in [2.45, 2.75) is 44.6 Å². The zero-order valence-corrected chi connectivity index (χ0v) is 9.88. The highest BCUT2D eigenvalue weighted by Gasteiger charge is 2.34. The molecule has 0 saturated heterocycles. The molecule has 0 bridgehead atoms. The lowest BCUT2D eigenvalue weighted by molar-refractivity contribution is 0.204. The molecule has 2 rings (SSSR count). The Labute approximate surface area is 96.9 Å². The molecule has 0 heterocycles. The number of benzene rings is 1. The summed E-state index contributed by atoms with van der Waals surface area (Å²) in [6.07, 6.45) is 5.54. The molecule has 1 fully saturated rings. The summed E-state index contributed by atoms with van der Waals surface area (Å²) in [7, 11) is 0. The Morgan fingerprint density at radius 1 is 1.44 bits per heavy atom. The number of nitrogens with two attached hydrogens (primary N) is 1. The van der Waals surface area contributed by atoms with E-state index in [9.17, 15) is 4.39 Å². The van der Waals surface area contributed by atoms with E-state index in [-0.39, 0.29) is 11.4 Å². The SMILES string of the molecule is CC1CCCCC1(N)Cc1cccc(F)c1. The largest absolute Gasteiger partial charge is 0.325 e. The zero-order valence-electron chi connectivity index (χ0n) is 9.88. The van der Waals surface area contributed by atoms with Gasteiger partial charge in [-0.2, -0.15) is 0 Å². The van der Waals surface area contributed by atoms with E-state index in [2.05, 4.69) is 6.92 Å². The molecule has 2 unspecified atom stereocenters. The number of hydrogen-bond donors (Lipinski definition) is 1. The minimum Gasteiger partial charge on any atom is -0.325 e. The highest BCUT2D eigenvalue weighted by molar-refractivity contribution is 5.19. The molecule has 2 N–H and O–H groups in total. The van der Waals surface area contributed by atoms with Gasteiger partial charge < -0.3 is 5.73 Å². The maximum atomic E-state index is 13.1. The monoisotopic (exact) mass is 221 g/mol. The van der Waals surface area contributed by atoms with Crippen LogP contribution in [0.5, 0.6) is 0 Å². The molecule has 0 aliphatic heterocycles. The Morgan fingerprint density at radius 2 is 2.25 bits per heavy atom. The topological polar surface area (TPSA) is 26.0 Å². The molecule has 2 atom stereocenters. The van der Waals surface area contributed by atoms with Crippen molar-refractivity contribution in [2.75, 3.05) is 0 Å². The van der Waals surface area contributed by atoms with Gasteiger partial charge in [0.05, 0.1) is 0 Å². The average molecular weight is 221 g/mol. The maximum absolute atomic E-state index is 13.1. The molecule has 0 amide bonds. The fourth-order valence-corrected chi connectivity index (χ4v) is 2.73. The molecule has 16 heavy (non-hydrogen) atoms. The molecule has 2 heteroatoms. The van der Waals surface area contributed by atoms with Gasteiger partial charge in [-0.25, -0.2) is 4.39 Å². The molecule has 1 nitrogen and oxygen atoms in total. The first-order valence-electron chi connectivity index (χ1n) is 6.13. The summed E-state index contributed by atoms with van der Waals surface area (Å²) < 4.78 is 13.1. The van der Waals surface area contributed by atoms with Gasteiger partial charge in [-0.05, 0) is 42.9 Å². The van der Waals surface area contributed by atoms with Gasteiger partial charge in [-0.1, -0.05) is 31.9 Å². The third kappa shape index (κ3) is 2.43. The van der Waals surface area contributed by atoms with Crippen LogP contribution in [0.2, 0.25) is 0 Å². The Kier molecular flexibility index (Phi) is 3.29. The molecular formula is C14H20FN. The standard InChI is InChI=1S/C14H20FN/c1-11-5-2-3-8-14(11,16)10-12-6-4-7-13(15)9-12/h4,6-7,9,11H,2-3,5,8,10,16H2,1H3. The molecule has 0 spiro atoms. The van der Waals surface area contributed by atoms with Crippen LogP contribution in [0, 0.1) is 11.7 Å². The molecule has 1 aromatic carbocycles. The van der Waals surface area contributed by atoms with E-state index in [0.29, 0.717) is 5.92 Å². The van der Waals surface area contributed by atoms with Crippen LogP contribution in [0.25, 0.3) is 0 Å². The van der Waals surface area contributed by atoms with Crippen molar-refractivity contribution in [1.82, 2.24) is 0 Å². The summed E-state index contributed by atoms with van der Waals surface area (Å²) in [4.78, 5) is 0. The van der Waals surface area contributed by atoms with E-state index in [1.165, 1.54) is 25.3 Å². The lowest BCUT2D eigenvalue weighted by Crippen LogP contribution is -2.49. The second-order valence-corrected chi connectivity index (χ2v) is 5.19. The number of rotatable bonds is 2. The van der Waals surface area contributed by atoms with E-state index in [0.717, 1.165) is 18.4 Å². The van der Waals surface area contributed by atoms with Gasteiger partial charge in [0.25, 0.3) is 0 Å². The molecule has 0 aromatic heterocycles. The van der Waals surface area contributed by atoms with Crippen LogP contribution in [0.4, 0.5) is 4.39 Å². The van der Waals surface area contributed by atoms with E-state index in [4.69, 9.17) is 5.73 Å². The lowest BCUT2D eigenvalue weighted by atomic mass is 9.71. The van der Waals surface area contributed by atoms with Crippen LogP contribution in [-0.2, 0) is 6.42 Å². The molecule has 1 aliphatic rings. The second kappa shape index (κ2) is 4.54. The fourth-order valence-electron chi connectivity index (χ4n) is 2.73. The fraction of sp³-hybridized carbons (Fsp3) is 0.571. The summed E-state index contributed by atoms with van der Waals surface area (Å²) in [6, 6.07) is 6.83. The first-order chi connectivity index (χ1) is 7.60. The molecule has 1 aliphatic carbocycles. The van der Waals surface area contributed by atoms with Crippen LogP contribution < -0.4 is 5.73 Å². The van der Waals surface area contributed by atoms with Gasteiger partial charge in [0.2, 0.25) is 0 Å². The first kappa shape index (κ1) is 11.6. The summed E-state index contributed by atoms with van der Waals surface area (Å²) in [5, 5.41) is 0. The normalized spacial score (nSPS) is 30.3. The summed E-state index contributed by atoms with van der Waals surface area (Å²) in [5.41, 5.74) is 7.35. The van der Waals surface area contributed by atoms with Gasteiger partial charge in [0.15, 0.2) is 0 Å². The van der Waals surface area contributed by atoms with Gasteiger partial charge in [0.1, 0.15) is 5.82 Å². The van der Waals surface area contributed by atoms with Crippen molar-refractivity contribution < 1.29 is 4.39 Å². The third-order valence-electron chi connectivity index (χ3n) is 3.93. The Balaban J connectivity index is 2.13. The van der Waals surface area contributed by atoms with Crippen molar-refractivity contribution in [3.63, 3.8) is 0 Å². The van der Waals surface area contributed by atoms with E-state index in [1.807, 2.05) is 6.07 Å². The molecular weight excluding hydrogens is 201 g/mol. The molecule has 0 radical (unpaired) electrons. The van der Waals surface area contributed by atoms with Crippen molar-refractivity contribution in [2.24, 2.45) is 11.7 Å². The number of hydrogen-bond acceptors (Lipinski definition) is 1. The van der Waals surface area contributed by atoms with Crippen LogP contribution in [0.1, 0.15) is 38.2 Å². The summed E-state index contributed by atoms with van der Waals surface area (Å²) in [6.45, 7) is 2.22. The highest BCUT2D eigenvalue weighted by Crippen LogP contribution is 2.34. The van der Waals surface area contributed by atoms with Crippen molar-refractivity contribution >= 4 is 0 Å². The third-order valence-corrected chi connectivity index (χ3v) is 3.93. The quantitative estimate of drug-likeness (QED) is 0.815. The van der Waals surface area contributed by atoms with E-state index in [1.54, 1.807) is 12.1 Å². The smallest absolute Gasteiger partial charge is 0.123 e. The van der Waals surface area contributed by atoms with Crippen LogP contribution in [0.15, 0.2) is 24.3 Å². The van der Waals surface area contributed by atoms with Crippen LogP contribution in [-0.4, -0.2) is 5.54 Å². The highest BCUT2D eigenvalue weighted by atomic mass is 19.1.